The molecule has 2 aromatic carbocycles. The summed E-state index contributed by atoms with van der Waals surface area (Å²) in [7, 11) is 0. The summed E-state index contributed by atoms with van der Waals surface area (Å²) in [6, 6.07) is 14.0. The first-order valence-electron chi connectivity index (χ1n) is 5.86. The van der Waals surface area contributed by atoms with Gasteiger partial charge in [0, 0.05) is 5.02 Å². The molecular weight excluding hydrogens is 407 g/mol. The van der Waals surface area contributed by atoms with Crippen LogP contribution in [0.2, 0.25) is 5.02 Å². The minimum Gasteiger partial charge on any atom is -0.507 e. The van der Waals surface area contributed by atoms with Crippen LogP contribution in [0.3, 0.4) is 0 Å². The number of rotatable bonds is 4. The Labute approximate surface area is 139 Å². The van der Waals surface area contributed by atoms with Gasteiger partial charge in [-0.1, -0.05) is 73.8 Å². The molecule has 0 aromatic heterocycles. The van der Waals surface area contributed by atoms with Crippen molar-refractivity contribution in [3.8, 4) is 5.75 Å². The maximum absolute atomic E-state index is 12.4. The summed E-state index contributed by atoms with van der Waals surface area (Å²) in [6.07, 6.45) is 0. The molecule has 0 amide bonds. The summed E-state index contributed by atoms with van der Waals surface area (Å²) < 4.78 is 0. The van der Waals surface area contributed by atoms with Gasteiger partial charge in [0.2, 0.25) is 0 Å². The van der Waals surface area contributed by atoms with Gasteiger partial charge in [-0.25, -0.2) is 0 Å². The number of phenolic OH excluding ortho intramolecular Hbond substituents is 1. The van der Waals surface area contributed by atoms with Crippen molar-refractivity contribution in [2.75, 3.05) is 0 Å². The highest BCUT2D eigenvalue weighted by Crippen LogP contribution is 2.35. The van der Waals surface area contributed by atoms with Crippen LogP contribution >= 0.6 is 43.5 Å². The summed E-state index contributed by atoms with van der Waals surface area (Å²) in [5.41, 5.74) is 1.18. The maximum Gasteiger partial charge on any atom is 0.181 e. The molecule has 2 unspecified atom stereocenters. The van der Waals surface area contributed by atoms with Gasteiger partial charge in [0.15, 0.2) is 5.78 Å². The lowest BCUT2D eigenvalue weighted by atomic mass is 10.0. The number of Topliss-reactive ketones (excluding diaryl/α,β-unsaturated/α-hetero) is 1. The van der Waals surface area contributed by atoms with Crippen molar-refractivity contribution in [1.29, 1.82) is 0 Å². The second-order valence-electron chi connectivity index (χ2n) is 4.24. The molecule has 0 saturated heterocycles. The topological polar surface area (TPSA) is 37.3 Å². The van der Waals surface area contributed by atoms with E-state index in [0.29, 0.717) is 5.02 Å². The molecule has 2 rings (SSSR count). The van der Waals surface area contributed by atoms with Gasteiger partial charge in [-0.3, -0.25) is 4.79 Å². The summed E-state index contributed by atoms with van der Waals surface area (Å²) in [5, 5.41) is 10.2. The summed E-state index contributed by atoms with van der Waals surface area (Å²) in [5.74, 6) is -0.299. The van der Waals surface area contributed by atoms with E-state index >= 15 is 0 Å². The average molecular weight is 419 g/mol. The van der Waals surface area contributed by atoms with E-state index in [9.17, 15) is 9.90 Å². The predicted molar refractivity (Wildman–Crippen MR) is 88.3 cm³/mol. The van der Waals surface area contributed by atoms with E-state index in [1.54, 1.807) is 6.07 Å². The molecular formula is C15H11Br2ClO2. The molecule has 2 nitrogen and oxygen atoms in total. The maximum atomic E-state index is 12.4. The van der Waals surface area contributed by atoms with Crippen molar-refractivity contribution < 1.29 is 9.90 Å². The Kier molecular flexibility index (Phi) is 5.24. The quantitative estimate of drug-likeness (QED) is 0.552. The molecule has 0 heterocycles. The molecule has 0 saturated carbocycles. The summed E-state index contributed by atoms with van der Waals surface area (Å²) in [4.78, 5) is 11.7. The molecule has 0 aliphatic carbocycles. The van der Waals surface area contributed by atoms with Crippen molar-refractivity contribution >= 4 is 49.2 Å². The molecule has 0 aliphatic heterocycles. The minimum absolute atomic E-state index is 0.0726. The predicted octanol–water partition coefficient (Wildman–Crippen LogP) is 5.13. The molecule has 0 aliphatic rings. The lowest BCUT2D eigenvalue weighted by Gasteiger charge is -2.17. The SMILES string of the molecule is O=C(c1cc(Cl)ccc1O)C(Br)C(Br)c1ccccc1. The highest BCUT2D eigenvalue weighted by Gasteiger charge is 2.27. The van der Waals surface area contributed by atoms with Crippen LogP contribution in [0, 0.1) is 0 Å². The van der Waals surface area contributed by atoms with Crippen LogP contribution in [-0.2, 0) is 0 Å². The standard InChI is InChI=1S/C15H11Br2ClO2/c16-13(9-4-2-1-3-5-9)14(17)15(20)11-8-10(18)6-7-12(11)19/h1-8,13-14,19H. The number of benzene rings is 2. The largest absolute Gasteiger partial charge is 0.507 e. The lowest BCUT2D eigenvalue weighted by molar-refractivity contribution is 0.0988. The monoisotopic (exact) mass is 416 g/mol. The molecule has 0 radical (unpaired) electrons. The lowest BCUT2D eigenvalue weighted by Crippen LogP contribution is -2.19. The number of halogens is 3. The van der Waals surface area contributed by atoms with Crippen LogP contribution in [0.5, 0.6) is 5.75 Å². The highest BCUT2D eigenvalue weighted by molar-refractivity contribution is 9.12. The molecule has 2 atom stereocenters. The van der Waals surface area contributed by atoms with E-state index in [4.69, 9.17) is 11.6 Å². The van der Waals surface area contributed by atoms with Gasteiger partial charge in [0.1, 0.15) is 5.75 Å². The Hall–Kier alpha value is -0.840. The Morgan fingerprint density at radius 1 is 1.10 bits per heavy atom. The van der Waals surface area contributed by atoms with E-state index in [0.717, 1.165) is 5.56 Å². The molecule has 0 fully saturated rings. The Bertz CT molecular complexity index is 617. The number of aromatic hydroxyl groups is 1. The van der Waals surface area contributed by atoms with E-state index in [1.807, 2.05) is 30.3 Å². The van der Waals surface area contributed by atoms with Crippen LogP contribution in [0.15, 0.2) is 48.5 Å². The molecule has 0 bridgehead atoms. The van der Waals surface area contributed by atoms with Crippen molar-refractivity contribution in [1.82, 2.24) is 0 Å². The fourth-order valence-electron chi connectivity index (χ4n) is 1.79. The average Bonchev–Trinajstić information content (AvgIpc) is 2.48. The van der Waals surface area contributed by atoms with Gasteiger partial charge < -0.3 is 5.11 Å². The van der Waals surface area contributed by atoms with Crippen molar-refractivity contribution in [2.45, 2.75) is 9.65 Å². The summed E-state index contributed by atoms with van der Waals surface area (Å²) >= 11 is 12.8. The number of hydrogen-bond acceptors (Lipinski definition) is 2. The fourth-order valence-corrected chi connectivity index (χ4v) is 3.06. The number of phenols is 1. The van der Waals surface area contributed by atoms with Gasteiger partial charge >= 0.3 is 0 Å². The van der Waals surface area contributed by atoms with Crippen molar-refractivity contribution in [3.05, 3.63) is 64.7 Å². The van der Waals surface area contributed by atoms with E-state index in [-0.39, 0.29) is 21.9 Å². The molecule has 104 valence electrons. The van der Waals surface area contributed by atoms with Gasteiger partial charge in [-0.15, -0.1) is 0 Å². The van der Waals surface area contributed by atoms with E-state index in [2.05, 4.69) is 31.9 Å². The Morgan fingerprint density at radius 2 is 1.75 bits per heavy atom. The fraction of sp³-hybridized carbons (Fsp3) is 0.133. The van der Waals surface area contributed by atoms with Gasteiger partial charge in [0.25, 0.3) is 0 Å². The smallest absolute Gasteiger partial charge is 0.181 e. The highest BCUT2D eigenvalue weighted by atomic mass is 79.9. The van der Waals surface area contributed by atoms with Crippen molar-refractivity contribution in [3.63, 3.8) is 0 Å². The number of carbonyl (C=O) groups excluding carboxylic acids is 1. The van der Waals surface area contributed by atoms with Crippen LogP contribution < -0.4 is 0 Å². The molecule has 1 N–H and O–H groups in total. The number of ketones is 1. The van der Waals surface area contributed by atoms with Gasteiger partial charge in [-0.2, -0.15) is 0 Å². The third kappa shape index (κ3) is 3.43. The second-order valence-corrected chi connectivity index (χ2v) is 6.65. The first-order valence-corrected chi connectivity index (χ1v) is 8.07. The zero-order valence-corrected chi connectivity index (χ0v) is 14.2. The number of carbonyl (C=O) groups is 1. The Balaban J connectivity index is 2.27. The minimum atomic E-state index is -0.505. The zero-order valence-electron chi connectivity index (χ0n) is 10.3. The first-order chi connectivity index (χ1) is 9.50. The molecule has 2 aromatic rings. The third-order valence-corrected chi connectivity index (χ3v) is 5.80. The second kappa shape index (κ2) is 6.74. The number of alkyl halides is 2. The van der Waals surface area contributed by atoms with Crippen LogP contribution in [0.1, 0.15) is 20.7 Å². The number of hydrogen-bond donors (Lipinski definition) is 1. The first kappa shape index (κ1) is 15.5. The molecule has 5 heteroatoms. The van der Waals surface area contributed by atoms with E-state index < -0.39 is 4.83 Å². The van der Waals surface area contributed by atoms with E-state index in [1.165, 1.54) is 12.1 Å². The van der Waals surface area contributed by atoms with Crippen molar-refractivity contribution in [2.24, 2.45) is 0 Å². The Morgan fingerprint density at radius 3 is 2.40 bits per heavy atom. The molecule has 0 spiro atoms. The van der Waals surface area contributed by atoms with Gasteiger partial charge in [0.05, 0.1) is 15.2 Å². The zero-order chi connectivity index (χ0) is 14.7. The summed E-state index contributed by atoms with van der Waals surface area (Å²) in [6.45, 7) is 0. The normalized spacial score (nSPS) is 13.8. The van der Waals surface area contributed by atoms with Gasteiger partial charge in [-0.05, 0) is 23.8 Å². The third-order valence-electron chi connectivity index (χ3n) is 2.85. The van der Waals surface area contributed by atoms with Crippen LogP contribution in [0.25, 0.3) is 0 Å². The van der Waals surface area contributed by atoms with Crippen LogP contribution in [-0.4, -0.2) is 15.7 Å². The van der Waals surface area contributed by atoms with Crippen LogP contribution in [0.4, 0.5) is 0 Å². The molecule has 20 heavy (non-hydrogen) atoms.